The van der Waals surface area contributed by atoms with Crippen LogP contribution in [0, 0.1) is 17.0 Å². The summed E-state index contributed by atoms with van der Waals surface area (Å²) in [4.78, 5) is 22.2. The van der Waals surface area contributed by atoms with Crippen LogP contribution in [0.5, 0.6) is 0 Å². The molecule has 0 aliphatic heterocycles. The van der Waals surface area contributed by atoms with E-state index in [-0.39, 0.29) is 12.2 Å². The summed E-state index contributed by atoms with van der Waals surface area (Å²) < 4.78 is 6.76. The molecule has 2 aromatic rings. The van der Waals surface area contributed by atoms with Crippen LogP contribution in [0.3, 0.4) is 0 Å². The Hall–Kier alpha value is -2.44. The summed E-state index contributed by atoms with van der Waals surface area (Å²) in [6.07, 6.45) is 0. The van der Waals surface area contributed by atoms with Gasteiger partial charge in [0.1, 0.15) is 12.1 Å². The van der Waals surface area contributed by atoms with Crippen molar-refractivity contribution in [2.75, 3.05) is 0 Å². The Balaban J connectivity index is 0.00000127. The summed E-state index contributed by atoms with van der Waals surface area (Å²) in [6.45, 7) is 11.1. The number of ether oxygens (including phenoxy) is 1. The summed E-state index contributed by atoms with van der Waals surface area (Å²) in [7, 11) is 0. The van der Waals surface area contributed by atoms with Gasteiger partial charge in [-0.25, -0.2) is 0 Å². The molecule has 0 amide bonds. The summed E-state index contributed by atoms with van der Waals surface area (Å²) in [5, 5.41) is 15.7. The molecule has 0 atom stereocenters. The van der Waals surface area contributed by atoms with E-state index >= 15 is 0 Å². The van der Waals surface area contributed by atoms with E-state index < -0.39 is 16.5 Å². The minimum absolute atomic E-state index is 0.00224. The van der Waals surface area contributed by atoms with Crippen LogP contribution in [0.15, 0.2) is 18.2 Å². The first-order chi connectivity index (χ1) is 10.7. The molecule has 0 radical (unpaired) electrons. The normalized spacial score (nSPS) is 10.9. The van der Waals surface area contributed by atoms with Crippen LogP contribution in [0.25, 0.3) is 10.9 Å². The number of hydrogen-bond acceptors (Lipinski definition) is 5. The number of nitrogens with zero attached hydrogens (tertiary/aromatic N) is 3. The maximum Gasteiger partial charge on any atom is 0.328 e. The number of aryl methyl sites for hydroxylation is 1. The van der Waals surface area contributed by atoms with E-state index in [0.717, 1.165) is 0 Å². The van der Waals surface area contributed by atoms with Gasteiger partial charge in [0.15, 0.2) is 0 Å². The Morgan fingerprint density at radius 2 is 1.96 bits per heavy atom. The van der Waals surface area contributed by atoms with Gasteiger partial charge in [0, 0.05) is 17.5 Å². The fourth-order valence-corrected chi connectivity index (χ4v) is 2.06. The molecule has 0 spiro atoms. The Morgan fingerprint density at radius 1 is 1.35 bits per heavy atom. The van der Waals surface area contributed by atoms with Crippen LogP contribution in [0.4, 0.5) is 5.69 Å². The van der Waals surface area contributed by atoms with Crippen molar-refractivity contribution in [1.82, 2.24) is 9.78 Å². The Bertz CT molecular complexity index is 714. The molecule has 1 aromatic heterocycles. The third-order valence-corrected chi connectivity index (χ3v) is 2.83. The van der Waals surface area contributed by atoms with E-state index in [9.17, 15) is 14.9 Å². The van der Waals surface area contributed by atoms with Crippen LogP contribution in [-0.2, 0) is 16.1 Å². The predicted molar refractivity (Wildman–Crippen MR) is 88.3 cm³/mol. The second-order valence-electron chi connectivity index (χ2n) is 5.79. The number of esters is 1. The van der Waals surface area contributed by atoms with Crippen LogP contribution in [0.1, 0.15) is 40.3 Å². The maximum atomic E-state index is 11.9. The fraction of sp³-hybridized carbons (Fsp3) is 0.500. The molecule has 1 heterocycles. The monoisotopic (exact) mass is 321 g/mol. The van der Waals surface area contributed by atoms with Gasteiger partial charge in [-0.1, -0.05) is 13.8 Å². The lowest BCUT2D eigenvalue weighted by molar-refractivity contribution is -0.384. The predicted octanol–water partition coefficient (Wildman–Crippen LogP) is 3.62. The highest BCUT2D eigenvalue weighted by Crippen LogP contribution is 2.23. The van der Waals surface area contributed by atoms with E-state index in [4.69, 9.17) is 4.74 Å². The molecule has 2 rings (SSSR count). The number of aromatic nitrogens is 2. The molecule has 0 saturated heterocycles. The number of rotatable bonds is 3. The van der Waals surface area contributed by atoms with Gasteiger partial charge in [-0.15, -0.1) is 0 Å². The van der Waals surface area contributed by atoms with E-state index in [1.807, 2.05) is 13.8 Å². The molecule has 7 nitrogen and oxygen atoms in total. The first kappa shape index (κ1) is 18.6. The highest BCUT2D eigenvalue weighted by Gasteiger charge is 2.19. The molecular formula is C16H23N3O4. The number of carbonyl (C=O) groups excluding carboxylic acids is 1. The van der Waals surface area contributed by atoms with Crippen molar-refractivity contribution in [2.45, 2.75) is 53.7 Å². The van der Waals surface area contributed by atoms with Crippen molar-refractivity contribution < 1.29 is 14.5 Å². The third kappa shape index (κ3) is 4.77. The number of nitro benzene ring substituents is 1. The van der Waals surface area contributed by atoms with Gasteiger partial charge in [-0.2, -0.15) is 5.10 Å². The molecule has 23 heavy (non-hydrogen) atoms. The number of nitro groups is 1. The van der Waals surface area contributed by atoms with Gasteiger partial charge in [-0.05, 0) is 33.8 Å². The average Bonchev–Trinajstić information content (AvgIpc) is 2.75. The van der Waals surface area contributed by atoms with Crippen molar-refractivity contribution in [2.24, 2.45) is 0 Å². The molecule has 0 N–H and O–H groups in total. The summed E-state index contributed by atoms with van der Waals surface area (Å²) >= 11 is 0. The lowest BCUT2D eigenvalue weighted by Gasteiger charge is -2.19. The van der Waals surface area contributed by atoms with Crippen LogP contribution in [-0.4, -0.2) is 26.3 Å². The maximum absolute atomic E-state index is 11.9. The van der Waals surface area contributed by atoms with Crippen molar-refractivity contribution in [1.29, 1.82) is 0 Å². The molecule has 0 unspecified atom stereocenters. The Kier molecular flexibility index (Phi) is 5.84. The summed E-state index contributed by atoms with van der Waals surface area (Å²) in [6, 6.07) is 4.45. The summed E-state index contributed by atoms with van der Waals surface area (Å²) in [5.41, 5.74) is 0.747. The molecular weight excluding hydrogens is 298 g/mol. The molecule has 0 saturated carbocycles. The van der Waals surface area contributed by atoms with Gasteiger partial charge in [-0.3, -0.25) is 19.6 Å². The lowest BCUT2D eigenvalue weighted by Crippen LogP contribution is -2.26. The zero-order valence-electron chi connectivity index (χ0n) is 14.4. The van der Waals surface area contributed by atoms with E-state index in [1.165, 1.54) is 16.8 Å². The van der Waals surface area contributed by atoms with Crippen molar-refractivity contribution >= 4 is 22.6 Å². The van der Waals surface area contributed by atoms with Gasteiger partial charge in [0.05, 0.1) is 16.1 Å². The molecule has 0 aliphatic rings. The fourth-order valence-electron chi connectivity index (χ4n) is 2.06. The molecule has 0 aliphatic carbocycles. The molecule has 0 bridgehead atoms. The number of non-ortho nitro benzene ring substituents is 1. The highest BCUT2D eigenvalue weighted by molar-refractivity contribution is 5.85. The van der Waals surface area contributed by atoms with E-state index in [2.05, 4.69) is 5.10 Å². The smallest absolute Gasteiger partial charge is 0.328 e. The topological polar surface area (TPSA) is 87.3 Å². The van der Waals surface area contributed by atoms with Gasteiger partial charge in [0.25, 0.3) is 5.69 Å². The second kappa shape index (κ2) is 7.21. The largest absolute Gasteiger partial charge is 0.459 e. The van der Waals surface area contributed by atoms with Crippen molar-refractivity contribution in [3.8, 4) is 0 Å². The number of carbonyl (C=O) groups is 1. The molecule has 7 heteroatoms. The zero-order valence-corrected chi connectivity index (χ0v) is 14.4. The van der Waals surface area contributed by atoms with Crippen molar-refractivity contribution in [3.05, 3.63) is 34.0 Å². The number of fused-ring (bicyclic) bond motifs is 1. The molecule has 1 aromatic carbocycles. The van der Waals surface area contributed by atoms with Crippen LogP contribution in [0.2, 0.25) is 0 Å². The minimum atomic E-state index is -0.562. The van der Waals surface area contributed by atoms with E-state index in [0.29, 0.717) is 16.6 Å². The van der Waals surface area contributed by atoms with Crippen LogP contribution < -0.4 is 0 Å². The van der Waals surface area contributed by atoms with Gasteiger partial charge >= 0.3 is 5.97 Å². The Morgan fingerprint density at radius 3 is 2.48 bits per heavy atom. The van der Waals surface area contributed by atoms with E-state index in [1.54, 1.807) is 33.8 Å². The third-order valence-electron chi connectivity index (χ3n) is 2.83. The average molecular weight is 321 g/mol. The standard InChI is InChI=1S/C14H17N3O4.C2H6/c1-9-11-7-10(17(19)20)5-6-12(11)16(15-9)8-13(18)21-14(2,3)4;1-2/h5-7H,8H2,1-4H3;1-2H3. The van der Waals surface area contributed by atoms with Crippen molar-refractivity contribution in [3.63, 3.8) is 0 Å². The summed E-state index contributed by atoms with van der Waals surface area (Å²) in [5.74, 6) is -0.398. The zero-order chi connectivity index (χ0) is 17.8. The highest BCUT2D eigenvalue weighted by atomic mass is 16.6. The van der Waals surface area contributed by atoms with Gasteiger partial charge in [0.2, 0.25) is 0 Å². The number of hydrogen-bond donors (Lipinski definition) is 0. The molecule has 0 fully saturated rings. The quantitative estimate of drug-likeness (QED) is 0.489. The SMILES string of the molecule is CC.Cc1nn(CC(=O)OC(C)(C)C)c2ccc([N+](=O)[O-])cc12. The lowest BCUT2D eigenvalue weighted by atomic mass is 10.2. The Labute approximate surface area is 135 Å². The first-order valence-electron chi connectivity index (χ1n) is 7.51. The molecule has 126 valence electrons. The second-order valence-corrected chi connectivity index (χ2v) is 5.79. The van der Waals surface area contributed by atoms with Crippen LogP contribution >= 0.6 is 0 Å². The first-order valence-corrected chi connectivity index (χ1v) is 7.51. The van der Waals surface area contributed by atoms with Gasteiger partial charge < -0.3 is 4.74 Å². The number of benzene rings is 1. The minimum Gasteiger partial charge on any atom is -0.459 e.